The first-order valence-corrected chi connectivity index (χ1v) is 12.7. The molecule has 192 valence electrons. The van der Waals surface area contributed by atoms with Gasteiger partial charge in [-0.05, 0) is 31.0 Å². The van der Waals surface area contributed by atoms with Gasteiger partial charge in [-0.1, -0.05) is 6.92 Å². The zero-order valence-electron chi connectivity index (χ0n) is 20.9. The van der Waals surface area contributed by atoms with E-state index in [0.717, 1.165) is 0 Å². The van der Waals surface area contributed by atoms with E-state index >= 15 is 0 Å². The maximum absolute atomic E-state index is 13.5. The molecule has 1 aliphatic heterocycles. The van der Waals surface area contributed by atoms with Crippen LogP contribution in [0.25, 0.3) is 0 Å². The van der Waals surface area contributed by atoms with E-state index in [1.165, 1.54) is 35.8 Å². The summed E-state index contributed by atoms with van der Waals surface area (Å²) in [5, 5.41) is 2.62. The van der Waals surface area contributed by atoms with Crippen molar-refractivity contribution in [2.75, 3.05) is 39.2 Å². The lowest BCUT2D eigenvalue weighted by atomic mass is 10.0. The molecule has 0 saturated carbocycles. The molecular weight excluding hydrogens is 474 g/mol. The summed E-state index contributed by atoms with van der Waals surface area (Å²) in [5.41, 5.74) is 0.714. The molecule has 2 aromatic rings. The van der Waals surface area contributed by atoms with Crippen LogP contribution in [0.5, 0.6) is 5.75 Å². The van der Waals surface area contributed by atoms with E-state index in [2.05, 4.69) is 10.3 Å². The summed E-state index contributed by atoms with van der Waals surface area (Å²) in [6.07, 6.45) is 2.47. The van der Waals surface area contributed by atoms with Gasteiger partial charge in [0.2, 0.25) is 5.91 Å². The van der Waals surface area contributed by atoms with Crippen LogP contribution in [-0.4, -0.2) is 85.0 Å². The number of anilines is 1. The normalized spacial score (nSPS) is 22.5. The van der Waals surface area contributed by atoms with Gasteiger partial charge in [0.1, 0.15) is 12.4 Å². The molecule has 2 heterocycles. The Bertz CT molecular complexity index is 1180. The highest BCUT2D eigenvalue weighted by atomic mass is 32.2. The molecule has 0 spiro atoms. The standard InChI is InChI=1S/C23H33N5O6S/c1-15-10-28(35(31,32)22-12-26(4)14-24-22)16(2)13-34-20-8-7-18(25-17(3)29)9-19(20)23(30)27(5)11-21(15)33-6/h7-9,12,14-16,21H,10-11,13H2,1-6H3,(H,25,29)/t15-,16-,21-/m0/s1. The van der Waals surface area contributed by atoms with Crippen molar-refractivity contribution >= 4 is 27.5 Å². The highest BCUT2D eigenvalue weighted by Crippen LogP contribution is 2.27. The first-order valence-electron chi connectivity index (χ1n) is 11.3. The quantitative estimate of drug-likeness (QED) is 0.666. The van der Waals surface area contributed by atoms with Gasteiger partial charge < -0.3 is 24.3 Å². The third-order valence-electron chi connectivity index (χ3n) is 5.96. The van der Waals surface area contributed by atoms with Crippen LogP contribution in [0.4, 0.5) is 5.69 Å². The molecule has 0 radical (unpaired) electrons. The number of methoxy groups -OCH3 is 1. The topological polar surface area (TPSA) is 123 Å². The summed E-state index contributed by atoms with van der Waals surface area (Å²) in [6, 6.07) is 4.21. The molecule has 3 rings (SSSR count). The minimum absolute atomic E-state index is 0.0000890. The van der Waals surface area contributed by atoms with Gasteiger partial charge in [0.05, 0.1) is 24.0 Å². The number of nitrogens with zero attached hydrogens (tertiary/aromatic N) is 4. The number of fused-ring (bicyclic) bond motifs is 1. The molecule has 11 nitrogen and oxygen atoms in total. The van der Waals surface area contributed by atoms with E-state index in [0.29, 0.717) is 11.4 Å². The zero-order chi connectivity index (χ0) is 25.9. The maximum atomic E-state index is 13.5. The van der Waals surface area contributed by atoms with Gasteiger partial charge in [-0.3, -0.25) is 9.59 Å². The van der Waals surface area contributed by atoms with Gasteiger partial charge in [-0.2, -0.15) is 4.31 Å². The van der Waals surface area contributed by atoms with Crippen molar-refractivity contribution in [1.29, 1.82) is 0 Å². The highest BCUT2D eigenvalue weighted by molar-refractivity contribution is 7.89. The summed E-state index contributed by atoms with van der Waals surface area (Å²) in [7, 11) is 0.964. The Labute approximate surface area is 206 Å². The van der Waals surface area contributed by atoms with E-state index in [4.69, 9.17) is 9.47 Å². The van der Waals surface area contributed by atoms with Crippen molar-refractivity contribution < 1.29 is 27.5 Å². The number of hydrogen-bond acceptors (Lipinski definition) is 7. The van der Waals surface area contributed by atoms with Gasteiger partial charge in [0.25, 0.3) is 15.9 Å². The van der Waals surface area contributed by atoms with Crippen molar-refractivity contribution in [2.24, 2.45) is 13.0 Å². The lowest BCUT2D eigenvalue weighted by molar-refractivity contribution is -0.114. The van der Waals surface area contributed by atoms with Crippen LogP contribution in [0.1, 0.15) is 31.1 Å². The second kappa shape index (κ2) is 10.8. The number of amides is 2. The summed E-state index contributed by atoms with van der Waals surface area (Å²) < 4.78 is 41.7. The van der Waals surface area contributed by atoms with Crippen LogP contribution >= 0.6 is 0 Å². The number of carbonyl (C=O) groups is 2. The number of likely N-dealkylation sites (N-methyl/N-ethyl adjacent to an activating group) is 1. The van der Waals surface area contributed by atoms with Crippen LogP contribution in [0, 0.1) is 5.92 Å². The van der Waals surface area contributed by atoms with Crippen molar-refractivity contribution in [3.05, 3.63) is 36.3 Å². The van der Waals surface area contributed by atoms with Gasteiger partial charge in [0, 0.05) is 53.1 Å². The summed E-state index contributed by atoms with van der Waals surface area (Å²) in [5.74, 6) is -0.522. The molecule has 0 bridgehead atoms. The summed E-state index contributed by atoms with van der Waals surface area (Å²) >= 11 is 0. The molecule has 0 aliphatic carbocycles. The van der Waals surface area contributed by atoms with Crippen molar-refractivity contribution in [3.8, 4) is 5.75 Å². The average Bonchev–Trinajstić information content (AvgIpc) is 3.25. The number of hydrogen-bond donors (Lipinski definition) is 1. The predicted molar refractivity (Wildman–Crippen MR) is 130 cm³/mol. The Morgan fingerprint density at radius 3 is 2.54 bits per heavy atom. The smallest absolute Gasteiger partial charge is 0.262 e. The number of imidazole rings is 1. The van der Waals surface area contributed by atoms with E-state index in [1.807, 2.05) is 6.92 Å². The summed E-state index contributed by atoms with van der Waals surface area (Å²) in [6.45, 7) is 5.40. The molecule has 12 heteroatoms. The van der Waals surface area contributed by atoms with Gasteiger partial charge in [-0.25, -0.2) is 13.4 Å². The minimum atomic E-state index is -3.93. The molecule has 1 aliphatic rings. The fourth-order valence-electron chi connectivity index (χ4n) is 4.00. The molecule has 2 amide bonds. The van der Waals surface area contributed by atoms with Crippen molar-refractivity contribution in [2.45, 2.75) is 37.9 Å². The largest absolute Gasteiger partial charge is 0.491 e. The van der Waals surface area contributed by atoms with Crippen LogP contribution < -0.4 is 10.1 Å². The second-order valence-electron chi connectivity index (χ2n) is 8.94. The van der Waals surface area contributed by atoms with Gasteiger partial charge in [0.15, 0.2) is 5.03 Å². The van der Waals surface area contributed by atoms with Crippen LogP contribution in [-0.2, 0) is 26.6 Å². The number of sulfonamides is 1. The Balaban J connectivity index is 2.04. The zero-order valence-corrected chi connectivity index (χ0v) is 21.7. The lowest BCUT2D eigenvalue weighted by Crippen LogP contribution is -2.48. The fraction of sp³-hybridized carbons (Fsp3) is 0.522. The van der Waals surface area contributed by atoms with E-state index < -0.39 is 22.2 Å². The molecule has 3 atom stereocenters. The van der Waals surface area contributed by atoms with Crippen molar-refractivity contribution in [3.63, 3.8) is 0 Å². The SMILES string of the molecule is CO[C@H]1CN(C)C(=O)c2cc(NC(C)=O)ccc2OC[C@H](C)N(S(=O)(=O)c2cn(C)cn2)C[C@@H]1C. The molecular formula is C23H33N5O6S. The molecule has 35 heavy (non-hydrogen) atoms. The Kier molecular flexibility index (Phi) is 8.18. The molecule has 0 unspecified atom stereocenters. The number of ether oxygens (including phenoxy) is 2. The monoisotopic (exact) mass is 507 g/mol. The van der Waals surface area contributed by atoms with Crippen LogP contribution in [0.3, 0.4) is 0 Å². The predicted octanol–water partition coefficient (Wildman–Crippen LogP) is 1.57. The molecule has 1 N–H and O–H groups in total. The number of carbonyl (C=O) groups excluding carboxylic acids is 2. The Morgan fingerprint density at radius 1 is 1.23 bits per heavy atom. The minimum Gasteiger partial charge on any atom is -0.491 e. The van der Waals surface area contributed by atoms with Crippen LogP contribution in [0.15, 0.2) is 35.7 Å². The van der Waals surface area contributed by atoms with Crippen molar-refractivity contribution in [1.82, 2.24) is 18.8 Å². The number of benzene rings is 1. The molecule has 1 aromatic heterocycles. The highest BCUT2D eigenvalue weighted by Gasteiger charge is 2.35. The molecule has 0 saturated heterocycles. The third-order valence-corrected chi connectivity index (χ3v) is 7.83. The third kappa shape index (κ3) is 6.00. The number of aromatic nitrogens is 2. The maximum Gasteiger partial charge on any atom is 0.262 e. The van der Waals surface area contributed by atoms with E-state index in [1.54, 1.807) is 43.8 Å². The lowest BCUT2D eigenvalue weighted by Gasteiger charge is -2.35. The number of rotatable bonds is 4. The number of nitrogens with one attached hydrogen (secondary N) is 1. The Morgan fingerprint density at radius 2 is 1.94 bits per heavy atom. The second-order valence-corrected chi connectivity index (χ2v) is 10.8. The summed E-state index contributed by atoms with van der Waals surface area (Å²) in [4.78, 5) is 30.4. The fourth-order valence-corrected chi connectivity index (χ4v) is 5.69. The Hall–Kier alpha value is -2.96. The average molecular weight is 508 g/mol. The van der Waals surface area contributed by atoms with E-state index in [-0.39, 0.29) is 48.0 Å². The van der Waals surface area contributed by atoms with Gasteiger partial charge >= 0.3 is 0 Å². The van der Waals surface area contributed by atoms with Gasteiger partial charge in [-0.15, -0.1) is 0 Å². The first kappa shape index (κ1) is 26.6. The molecule has 0 fully saturated rings. The molecule has 1 aromatic carbocycles. The number of aryl methyl sites for hydroxylation is 1. The van der Waals surface area contributed by atoms with Crippen LogP contribution in [0.2, 0.25) is 0 Å². The first-order chi connectivity index (χ1) is 16.4. The van der Waals surface area contributed by atoms with E-state index in [9.17, 15) is 18.0 Å².